The Hall–Kier alpha value is -1.47. The summed E-state index contributed by atoms with van der Waals surface area (Å²) in [4.78, 5) is 25.7. The number of carboxylic acids is 1. The SMILES string of the molecule is N[C@@H](CCC(=O)NCc1nccs1)C(=O)O. The molecule has 0 unspecified atom stereocenters. The van der Waals surface area contributed by atoms with Crippen molar-refractivity contribution in [1.82, 2.24) is 10.3 Å². The Morgan fingerprint density at radius 3 is 2.94 bits per heavy atom. The maximum Gasteiger partial charge on any atom is 0.320 e. The second-order valence-electron chi connectivity index (χ2n) is 3.19. The normalized spacial score (nSPS) is 12.1. The van der Waals surface area contributed by atoms with Crippen LogP contribution in [0.4, 0.5) is 0 Å². The molecule has 0 radical (unpaired) electrons. The van der Waals surface area contributed by atoms with E-state index in [-0.39, 0.29) is 18.7 Å². The summed E-state index contributed by atoms with van der Waals surface area (Å²) in [5, 5.41) is 13.8. The molecular weight excluding hydrogens is 230 g/mol. The van der Waals surface area contributed by atoms with Gasteiger partial charge in [-0.15, -0.1) is 11.3 Å². The molecule has 7 heteroatoms. The molecule has 1 amide bonds. The molecule has 1 atom stereocenters. The van der Waals surface area contributed by atoms with Crippen molar-refractivity contribution in [2.45, 2.75) is 25.4 Å². The van der Waals surface area contributed by atoms with Gasteiger partial charge in [-0.05, 0) is 6.42 Å². The number of aromatic nitrogens is 1. The summed E-state index contributed by atoms with van der Waals surface area (Å²) >= 11 is 1.45. The monoisotopic (exact) mass is 243 g/mol. The highest BCUT2D eigenvalue weighted by Crippen LogP contribution is 2.03. The third kappa shape index (κ3) is 4.37. The minimum absolute atomic E-state index is 0.110. The summed E-state index contributed by atoms with van der Waals surface area (Å²) in [5.74, 6) is -1.31. The van der Waals surface area contributed by atoms with Gasteiger partial charge in [-0.2, -0.15) is 0 Å². The number of nitrogens with zero attached hydrogens (tertiary/aromatic N) is 1. The van der Waals surface area contributed by atoms with Crippen molar-refractivity contribution in [2.24, 2.45) is 5.73 Å². The number of rotatable bonds is 6. The molecule has 0 aliphatic carbocycles. The Bertz CT molecular complexity index is 353. The highest BCUT2D eigenvalue weighted by Gasteiger charge is 2.13. The quantitative estimate of drug-likeness (QED) is 0.649. The molecule has 1 aromatic heterocycles. The molecule has 1 heterocycles. The van der Waals surface area contributed by atoms with Gasteiger partial charge in [0.15, 0.2) is 0 Å². The standard InChI is InChI=1S/C9H13N3O3S/c10-6(9(14)15)1-2-7(13)12-5-8-11-3-4-16-8/h3-4,6H,1-2,5,10H2,(H,12,13)(H,14,15)/t6-/m0/s1. The van der Waals surface area contributed by atoms with Crippen molar-refractivity contribution >= 4 is 23.2 Å². The fourth-order valence-corrected chi connectivity index (χ4v) is 1.57. The molecule has 16 heavy (non-hydrogen) atoms. The van der Waals surface area contributed by atoms with Crippen LogP contribution in [0, 0.1) is 0 Å². The number of carboxylic acid groups (broad SMARTS) is 1. The number of carbonyl (C=O) groups excluding carboxylic acids is 1. The number of nitrogens with two attached hydrogens (primary N) is 1. The average Bonchev–Trinajstić information content (AvgIpc) is 2.75. The lowest BCUT2D eigenvalue weighted by molar-refractivity contribution is -0.138. The fourth-order valence-electron chi connectivity index (χ4n) is 1.01. The summed E-state index contributed by atoms with van der Waals surface area (Å²) in [6.07, 6.45) is 1.91. The zero-order valence-electron chi connectivity index (χ0n) is 8.55. The molecule has 0 saturated heterocycles. The number of carbonyl (C=O) groups is 2. The van der Waals surface area contributed by atoms with Gasteiger partial charge in [0.1, 0.15) is 11.0 Å². The lowest BCUT2D eigenvalue weighted by atomic mass is 10.1. The minimum atomic E-state index is -1.09. The van der Waals surface area contributed by atoms with Gasteiger partial charge in [-0.3, -0.25) is 9.59 Å². The molecule has 0 aromatic carbocycles. The predicted octanol–water partition coefficient (Wildman–Crippen LogP) is -0.0486. The molecule has 6 nitrogen and oxygen atoms in total. The Kier molecular flexibility index (Phi) is 4.87. The third-order valence-electron chi connectivity index (χ3n) is 1.92. The highest BCUT2D eigenvalue weighted by atomic mass is 32.1. The fraction of sp³-hybridized carbons (Fsp3) is 0.444. The van der Waals surface area contributed by atoms with Crippen molar-refractivity contribution in [3.05, 3.63) is 16.6 Å². The van der Waals surface area contributed by atoms with Crippen LogP contribution in [-0.2, 0) is 16.1 Å². The Morgan fingerprint density at radius 2 is 2.38 bits per heavy atom. The lowest BCUT2D eigenvalue weighted by Gasteiger charge is -2.06. The molecular formula is C9H13N3O3S. The van der Waals surface area contributed by atoms with Crippen molar-refractivity contribution < 1.29 is 14.7 Å². The maximum absolute atomic E-state index is 11.3. The van der Waals surface area contributed by atoms with Gasteiger partial charge in [0.25, 0.3) is 0 Å². The van der Waals surface area contributed by atoms with Crippen LogP contribution in [0.1, 0.15) is 17.8 Å². The summed E-state index contributed by atoms with van der Waals surface area (Å²) in [5.41, 5.74) is 5.27. The van der Waals surface area contributed by atoms with E-state index in [9.17, 15) is 9.59 Å². The lowest BCUT2D eigenvalue weighted by Crippen LogP contribution is -2.32. The van der Waals surface area contributed by atoms with E-state index < -0.39 is 12.0 Å². The number of nitrogens with one attached hydrogen (secondary N) is 1. The molecule has 0 bridgehead atoms. The number of amides is 1. The molecule has 4 N–H and O–H groups in total. The Balaban J connectivity index is 2.19. The summed E-state index contributed by atoms with van der Waals surface area (Å²) in [7, 11) is 0. The van der Waals surface area contributed by atoms with E-state index in [0.29, 0.717) is 6.54 Å². The first-order valence-electron chi connectivity index (χ1n) is 4.73. The third-order valence-corrected chi connectivity index (χ3v) is 2.70. The van der Waals surface area contributed by atoms with Crippen molar-refractivity contribution in [2.75, 3.05) is 0 Å². The Labute approximate surface area is 96.5 Å². The average molecular weight is 243 g/mol. The van der Waals surface area contributed by atoms with E-state index in [4.69, 9.17) is 10.8 Å². The Morgan fingerprint density at radius 1 is 1.62 bits per heavy atom. The van der Waals surface area contributed by atoms with Crippen molar-refractivity contribution in [1.29, 1.82) is 0 Å². The number of hydrogen-bond acceptors (Lipinski definition) is 5. The van der Waals surface area contributed by atoms with Gasteiger partial charge in [0.05, 0.1) is 6.54 Å². The first-order valence-corrected chi connectivity index (χ1v) is 5.61. The van der Waals surface area contributed by atoms with Crippen molar-refractivity contribution in [3.63, 3.8) is 0 Å². The van der Waals surface area contributed by atoms with Gasteiger partial charge < -0.3 is 16.2 Å². The molecule has 0 saturated carbocycles. The van der Waals surface area contributed by atoms with E-state index >= 15 is 0 Å². The van der Waals surface area contributed by atoms with E-state index in [1.54, 1.807) is 6.20 Å². The molecule has 0 spiro atoms. The van der Waals surface area contributed by atoms with E-state index in [0.717, 1.165) is 5.01 Å². The number of aliphatic carboxylic acids is 1. The maximum atomic E-state index is 11.3. The first kappa shape index (κ1) is 12.6. The van der Waals surface area contributed by atoms with Gasteiger partial charge >= 0.3 is 5.97 Å². The molecule has 0 fully saturated rings. The van der Waals surface area contributed by atoms with Crippen LogP contribution >= 0.6 is 11.3 Å². The molecule has 1 rings (SSSR count). The summed E-state index contributed by atoms with van der Waals surface area (Å²) in [6.45, 7) is 0.374. The van der Waals surface area contributed by atoms with Crippen LogP contribution in [-0.4, -0.2) is 28.0 Å². The summed E-state index contributed by atoms with van der Waals surface area (Å²) < 4.78 is 0. The zero-order chi connectivity index (χ0) is 12.0. The van der Waals surface area contributed by atoms with Crippen LogP contribution in [0.3, 0.4) is 0 Å². The molecule has 0 aliphatic heterocycles. The van der Waals surface area contributed by atoms with E-state index in [2.05, 4.69) is 10.3 Å². The number of hydrogen-bond donors (Lipinski definition) is 3. The van der Waals surface area contributed by atoms with E-state index in [1.807, 2.05) is 5.38 Å². The first-order chi connectivity index (χ1) is 7.59. The number of thiazole rings is 1. The topological polar surface area (TPSA) is 105 Å². The van der Waals surface area contributed by atoms with Gasteiger partial charge in [0, 0.05) is 18.0 Å². The van der Waals surface area contributed by atoms with Gasteiger partial charge in [0.2, 0.25) is 5.91 Å². The van der Waals surface area contributed by atoms with Crippen LogP contribution < -0.4 is 11.1 Å². The molecule has 0 aliphatic rings. The molecule has 88 valence electrons. The van der Waals surface area contributed by atoms with Crippen LogP contribution in [0.15, 0.2) is 11.6 Å². The zero-order valence-corrected chi connectivity index (χ0v) is 9.37. The largest absolute Gasteiger partial charge is 0.480 e. The van der Waals surface area contributed by atoms with Gasteiger partial charge in [-0.25, -0.2) is 4.98 Å². The highest BCUT2D eigenvalue weighted by molar-refractivity contribution is 7.09. The van der Waals surface area contributed by atoms with Crippen LogP contribution in [0.5, 0.6) is 0 Å². The smallest absolute Gasteiger partial charge is 0.320 e. The molecule has 1 aromatic rings. The minimum Gasteiger partial charge on any atom is -0.480 e. The van der Waals surface area contributed by atoms with Crippen molar-refractivity contribution in [3.8, 4) is 0 Å². The summed E-state index contributed by atoms with van der Waals surface area (Å²) in [6, 6.07) is -0.981. The van der Waals surface area contributed by atoms with Gasteiger partial charge in [-0.1, -0.05) is 0 Å². The van der Waals surface area contributed by atoms with Crippen LogP contribution in [0.25, 0.3) is 0 Å². The van der Waals surface area contributed by atoms with Crippen LogP contribution in [0.2, 0.25) is 0 Å². The second-order valence-corrected chi connectivity index (χ2v) is 4.17. The van der Waals surface area contributed by atoms with E-state index in [1.165, 1.54) is 11.3 Å². The second kappa shape index (κ2) is 6.19. The predicted molar refractivity (Wildman–Crippen MR) is 58.8 cm³/mol.